The lowest BCUT2D eigenvalue weighted by atomic mass is 10.00. The van der Waals surface area contributed by atoms with Crippen LogP contribution in [0.5, 0.6) is 0 Å². The SMILES string of the molecule is CC1OC(OC(=O)c2ccccc2N)C(O)C(O)C1O. The highest BCUT2D eigenvalue weighted by molar-refractivity contribution is 5.95. The summed E-state index contributed by atoms with van der Waals surface area (Å²) in [7, 11) is 0. The molecule has 1 saturated heterocycles. The van der Waals surface area contributed by atoms with E-state index in [0.29, 0.717) is 0 Å². The maximum atomic E-state index is 11.9. The van der Waals surface area contributed by atoms with E-state index in [2.05, 4.69) is 0 Å². The number of esters is 1. The van der Waals surface area contributed by atoms with Gasteiger partial charge in [-0.05, 0) is 19.1 Å². The van der Waals surface area contributed by atoms with Crippen molar-refractivity contribution >= 4 is 11.7 Å². The van der Waals surface area contributed by atoms with Crippen LogP contribution in [0.25, 0.3) is 0 Å². The number of para-hydroxylation sites is 1. The number of benzene rings is 1. The van der Waals surface area contributed by atoms with Crippen molar-refractivity contribution in [2.75, 3.05) is 5.73 Å². The lowest BCUT2D eigenvalue weighted by Gasteiger charge is -2.38. The zero-order valence-electron chi connectivity index (χ0n) is 10.8. The van der Waals surface area contributed by atoms with Crippen molar-refractivity contribution in [3.05, 3.63) is 29.8 Å². The van der Waals surface area contributed by atoms with Crippen LogP contribution in [0.1, 0.15) is 17.3 Å². The van der Waals surface area contributed by atoms with Crippen LogP contribution in [-0.2, 0) is 9.47 Å². The Balaban J connectivity index is 2.10. The highest BCUT2D eigenvalue weighted by Gasteiger charge is 2.43. The molecule has 0 bridgehead atoms. The first-order valence-electron chi connectivity index (χ1n) is 6.17. The molecule has 0 radical (unpaired) electrons. The van der Waals surface area contributed by atoms with E-state index in [1.54, 1.807) is 12.1 Å². The molecule has 1 aromatic carbocycles. The fraction of sp³-hybridized carbons (Fsp3) is 0.462. The molecule has 1 aliphatic rings. The van der Waals surface area contributed by atoms with E-state index in [0.717, 1.165) is 0 Å². The van der Waals surface area contributed by atoms with Crippen LogP contribution in [0.3, 0.4) is 0 Å². The minimum Gasteiger partial charge on any atom is -0.429 e. The summed E-state index contributed by atoms with van der Waals surface area (Å²) < 4.78 is 10.2. The average Bonchev–Trinajstić information content (AvgIpc) is 2.42. The molecular weight excluding hydrogens is 266 g/mol. The maximum Gasteiger partial charge on any atom is 0.342 e. The monoisotopic (exact) mass is 283 g/mol. The van der Waals surface area contributed by atoms with E-state index in [-0.39, 0.29) is 11.3 Å². The number of hydrogen-bond donors (Lipinski definition) is 4. The summed E-state index contributed by atoms with van der Waals surface area (Å²) in [6.07, 6.45) is -6.38. The minimum atomic E-state index is -1.53. The summed E-state index contributed by atoms with van der Waals surface area (Å²) in [5.74, 6) is -0.775. The van der Waals surface area contributed by atoms with Gasteiger partial charge in [0.2, 0.25) is 6.29 Å². The third-order valence-corrected chi connectivity index (χ3v) is 3.21. The van der Waals surface area contributed by atoms with Gasteiger partial charge in [0.15, 0.2) is 0 Å². The van der Waals surface area contributed by atoms with Crippen molar-refractivity contribution in [3.63, 3.8) is 0 Å². The molecule has 1 fully saturated rings. The largest absolute Gasteiger partial charge is 0.429 e. The molecule has 1 aromatic rings. The smallest absolute Gasteiger partial charge is 0.342 e. The second-order valence-electron chi connectivity index (χ2n) is 4.67. The van der Waals surface area contributed by atoms with Gasteiger partial charge in [-0.3, -0.25) is 0 Å². The number of hydrogen-bond acceptors (Lipinski definition) is 7. The van der Waals surface area contributed by atoms with Gasteiger partial charge in [-0.25, -0.2) is 4.79 Å². The van der Waals surface area contributed by atoms with Crippen LogP contribution < -0.4 is 5.73 Å². The lowest BCUT2D eigenvalue weighted by molar-refractivity contribution is -0.276. The third kappa shape index (κ3) is 2.75. The first-order chi connectivity index (χ1) is 9.41. The maximum absolute atomic E-state index is 11.9. The molecule has 1 heterocycles. The Hall–Kier alpha value is -1.67. The Kier molecular flexibility index (Phi) is 4.24. The number of carbonyl (C=O) groups is 1. The number of nitrogens with two attached hydrogens (primary N) is 1. The summed E-state index contributed by atoms with van der Waals surface area (Å²) in [6, 6.07) is 6.30. The average molecular weight is 283 g/mol. The molecule has 0 aliphatic carbocycles. The van der Waals surface area contributed by atoms with E-state index in [1.807, 2.05) is 0 Å². The standard InChI is InChI=1S/C13H17NO6/c1-6-9(15)10(16)11(17)13(19-6)20-12(18)7-4-2-3-5-8(7)14/h2-6,9-11,13,15-17H,14H2,1H3. The third-order valence-electron chi connectivity index (χ3n) is 3.21. The van der Waals surface area contributed by atoms with E-state index >= 15 is 0 Å². The van der Waals surface area contributed by atoms with Crippen molar-refractivity contribution in [3.8, 4) is 0 Å². The van der Waals surface area contributed by atoms with Gasteiger partial charge in [0.05, 0.1) is 11.7 Å². The molecule has 20 heavy (non-hydrogen) atoms. The van der Waals surface area contributed by atoms with Crippen LogP contribution in [0.15, 0.2) is 24.3 Å². The Morgan fingerprint density at radius 2 is 1.85 bits per heavy atom. The molecule has 1 aliphatic heterocycles. The van der Waals surface area contributed by atoms with Crippen molar-refractivity contribution in [2.24, 2.45) is 0 Å². The van der Waals surface area contributed by atoms with Crippen molar-refractivity contribution in [1.82, 2.24) is 0 Å². The van der Waals surface area contributed by atoms with Gasteiger partial charge in [0.1, 0.15) is 18.3 Å². The van der Waals surface area contributed by atoms with Crippen LogP contribution in [-0.4, -0.2) is 52.0 Å². The topological polar surface area (TPSA) is 122 Å². The zero-order chi connectivity index (χ0) is 14.9. The Bertz CT molecular complexity index is 494. The van der Waals surface area contributed by atoms with Crippen molar-refractivity contribution < 1.29 is 29.6 Å². The summed E-state index contributed by atoms with van der Waals surface area (Å²) in [6.45, 7) is 1.50. The second-order valence-corrected chi connectivity index (χ2v) is 4.67. The van der Waals surface area contributed by atoms with Crippen LogP contribution in [0.2, 0.25) is 0 Å². The number of rotatable bonds is 2. The summed E-state index contributed by atoms with van der Waals surface area (Å²) >= 11 is 0. The molecule has 5 atom stereocenters. The van der Waals surface area contributed by atoms with Crippen LogP contribution >= 0.6 is 0 Å². The minimum absolute atomic E-state index is 0.136. The number of carbonyl (C=O) groups excluding carboxylic acids is 1. The molecule has 5 N–H and O–H groups in total. The van der Waals surface area contributed by atoms with Gasteiger partial charge in [0, 0.05) is 5.69 Å². The molecule has 7 heteroatoms. The Morgan fingerprint density at radius 1 is 1.20 bits per heavy atom. The first kappa shape index (κ1) is 14.7. The molecule has 7 nitrogen and oxygen atoms in total. The first-order valence-corrected chi connectivity index (χ1v) is 6.17. The molecule has 0 spiro atoms. The van der Waals surface area contributed by atoms with E-state index in [1.165, 1.54) is 19.1 Å². The van der Waals surface area contributed by atoms with Gasteiger partial charge < -0.3 is 30.5 Å². The molecule has 5 unspecified atom stereocenters. The van der Waals surface area contributed by atoms with E-state index < -0.39 is 36.7 Å². The van der Waals surface area contributed by atoms with Gasteiger partial charge in [0.25, 0.3) is 0 Å². The molecular formula is C13H17NO6. The van der Waals surface area contributed by atoms with Crippen molar-refractivity contribution in [1.29, 1.82) is 0 Å². The quantitative estimate of drug-likeness (QED) is 0.416. The van der Waals surface area contributed by atoms with E-state index in [9.17, 15) is 20.1 Å². The van der Waals surface area contributed by atoms with Gasteiger partial charge >= 0.3 is 5.97 Å². The summed E-state index contributed by atoms with van der Waals surface area (Å²) in [5.41, 5.74) is 6.01. The second kappa shape index (κ2) is 5.76. The van der Waals surface area contributed by atoms with Crippen LogP contribution in [0, 0.1) is 0 Å². The lowest BCUT2D eigenvalue weighted by Crippen LogP contribution is -2.57. The number of aliphatic hydroxyl groups is 3. The zero-order valence-corrected chi connectivity index (χ0v) is 10.8. The molecule has 2 rings (SSSR count). The highest BCUT2D eigenvalue weighted by Crippen LogP contribution is 2.23. The van der Waals surface area contributed by atoms with Gasteiger partial charge in [-0.15, -0.1) is 0 Å². The fourth-order valence-corrected chi connectivity index (χ4v) is 1.96. The number of anilines is 1. The predicted molar refractivity (Wildman–Crippen MR) is 68.6 cm³/mol. The molecule has 110 valence electrons. The van der Waals surface area contributed by atoms with Gasteiger partial charge in [-0.1, -0.05) is 12.1 Å². The highest BCUT2D eigenvalue weighted by atomic mass is 16.7. The van der Waals surface area contributed by atoms with Crippen LogP contribution in [0.4, 0.5) is 5.69 Å². The van der Waals surface area contributed by atoms with E-state index in [4.69, 9.17) is 15.2 Å². The molecule has 0 amide bonds. The summed E-state index contributed by atoms with van der Waals surface area (Å²) in [5, 5.41) is 28.9. The number of ether oxygens (including phenoxy) is 2. The molecule has 0 saturated carbocycles. The predicted octanol–water partition coefficient (Wildman–Crippen LogP) is -0.747. The Morgan fingerprint density at radius 3 is 2.50 bits per heavy atom. The number of nitrogen functional groups attached to an aromatic ring is 1. The molecule has 0 aromatic heterocycles. The summed E-state index contributed by atoms with van der Waals surface area (Å²) in [4.78, 5) is 11.9. The van der Waals surface area contributed by atoms with Gasteiger partial charge in [-0.2, -0.15) is 0 Å². The van der Waals surface area contributed by atoms with Crippen molar-refractivity contribution in [2.45, 2.75) is 37.6 Å². The normalized spacial score (nSPS) is 33.7. The Labute approximate surface area is 115 Å². The fourth-order valence-electron chi connectivity index (χ4n) is 1.96. The number of aliphatic hydroxyl groups excluding tert-OH is 3.